The Morgan fingerprint density at radius 3 is 1.91 bits per heavy atom. The van der Waals surface area contributed by atoms with Crippen molar-refractivity contribution < 1.29 is 86.9 Å². The topological polar surface area (TPSA) is 179 Å². The summed E-state index contributed by atoms with van der Waals surface area (Å²) >= 11 is 0. The zero-order valence-electron chi connectivity index (χ0n) is 23.7. The number of halogens is 7. The van der Waals surface area contributed by atoms with Crippen LogP contribution in [0.3, 0.4) is 0 Å². The number of anilines is 1. The summed E-state index contributed by atoms with van der Waals surface area (Å²) in [5.74, 6) is -1.33. The van der Waals surface area contributed by atoms with Gasteiger partial charge in [0.15, 0.2) is 0 Å². The number of ether oxygens (including phenoxy) is 1. The maximum atomic E-state index is 13.1. The highest BCUT2D eigenvalue weighted by Gasteiger charge is 2.31. The van der Waals surface area contributed by atoms with Crippen molar-refractivity contribution in [2.45, 2.75) is 38.0 Å². The summed E-state index contributed by atoms with van der Waals surface area (Å²) in [6, 6.07) is 8.25. The van der Waals surface area contributed by atoms with Gasteiger partial charge in [0.2, 0.25) is 11.8 Å². The largest absolute Gasteiger partial charge is 1.00 e. The quantitative estimate of drug-likeness (QED) is 0.0898. The number of benzene rings is 2. The minimum atomic E-state index is -4.52. The van der Waals surface area contributed by atoms with Crippen molar-refractivity contribution in [3.8, 4) is 5.75 Å². The van der Waals surface area contributed by atoms with Crippen LogP contribution < -0.4 is 92.6 Å². The Bertz CT molecular complexity index is 1110. The number of nitrogens with one attached hydrogen (secondary N) is 4. The molecule has 2 rings (SSSR count). The fraction of sp³-hybridized carbons (Fsp3) is 0.423. The van der Waals surface area contributed by atoms with Crippen LogP contribution >= 0.6 is 0 Å². The number of carbonyl (C=O) groups excluding carboxylic acids is 3. The summed E-state index contributed by atoms with van der Waals surface area (Å²) in [6.07, 6.45) is -5.02. The van der Waals surface area contributed by atoms with E-state index >= 15 is 0 Å². The number of carbonyl (C=O) groups is 3. The number of rotatable bonds is 15. The van der Waals surface area contributed by atoms with Crippen molar-refractivity contribution in [1.29, 1.82) is 0 Å². The Morgan fingerprint density at radius 2 is 1.43 bits per heavy atom. The van der Waals surface area contributed by atoms with Crippen molar-refractivity contribution in [1.82, 2.24) is 10.7 Å². The minimum absolute atomic E-state index is 0. The predicted molar refractivity (Wildman–Crippen MR) is 143 cm³/mol. The summed E-state index contributed by atoms with van der Waals surface area (Å²) in [4.78, 5) is 38.4. The van der Waals surface area contributed by atoms with Crippen LogP contribution in [0, 0.1) is 0 Å². The molecule has 0 radical (unpaired) electrons. The molecule has 2 aromatic rings. The first-order valence-corrected chi connectivity index (χ1v) is 12.8. The highest BCUT2D eigenvalue weighted by atomic mass is 35.5. The molecule has 0 heterocycles. The zero-order chi connectivity index (χ0) is 29.7. The Balaban J connectivity index is -0.00000420. The van der Waals surface area contributed by atoms with Gasteiger partial charge in [-0.1, -0.05) is 12.1 Å². The first-order chi connectivity index (χ1) is 19.0. The summed E-state index contributed by atoms with van der Waals surface area (Å²) < 4.78 is 44.3. The summed E-state index contributed by atoms with van der Waals surface area (Å²) in [7, 11) is 0. The molecule has 18 heteroatoms. The van der Waals surface area contributed by atoms with E-state index in [1.165, 1.54) is 12.1 Å². The highest BCUT2D eigenvalue weighted by Crippen LogP contribution is 2.29. The fourth-order valence-corrected chi connectivity index (χ4v) is 3.72. The Hall–Kier alpha value is -2.56. The Labute approximate surface area is 279 Å². The van der Waals surface area contributed by atoms with Crippen molar-refractivity contribution >= 4 is 23.4 Å². The van der Waals surface area contributed by atoms with Crippen LogP contribution in [0.4, 0.5) is 18.9 Å². The van der Waals surface area contributed by atoms with Gasteiger partial charge in [0.1, 0.15) is 24.9 Å². The molecule has 11 nitrogen and oxygen atoms in total. The normalized spacial score (nSPS) is 11.7. The summed E-state index contributed by atoms with van der Waals surface area (Å²) in [6.45, 7) is 3.74. The smallest absolute Gasteiger partial charge is 0.416 e. The van der Waals surface area contributed by atoms with Crippen molar-refractivity contribution in [2.75, 3.05) is 38.1 Å². The van der Waals surface area contributed by atoms with Crippen LogP contribution in [0.1, 0.15) is 24.5 Å². The number of quaternary nitrogens is 1. The van der Waals surface area contributed by atoms with Gasteiger partial charge in [-0.2, -0.15) is 13.2 Å². The van der Waals surface area contributed by atoms with E-state index in [1.807, 2.05) is 6.92 Å². The Kier molecular flexibility index (Phi) is 23.8. The number of hydrogen-bond acceptors (Lipinski definition) is 7. The molecule has 0 aliphatic heterocycles. The lowest BCUT2D eigenvalue weighted by Gasteiger charge is -2.22. The van der Waals surface area contributed by atoms with Crippen LogP contribution in [0.5, 0.6) is 5.75 Å². The third kappa shape index (κ3) is 16.0. The molecule has 0 aliphatic carbocycles. The van der Waals surface area contributed by atoms with Gasteiger partial charge >= 0.3 is 6.18 Å². The van der Waals surface area contributed by atoms with Gasteiger partial charge < -0.3 is 82.2 Å². The number of alkyl halides is 3. The van der Waals surface area contributed by atoms with Gasteiger partial charge in [-0.05, 0) is 48.9 Å². The lowest BCUT2D eigenvalue weighted by molar-refractivity contribution is -0.933. The standard InChI is InChI=1S/C26H36F3N7O4.4ClH/c1-2-40-20-9-7-19(8-10-20)33-25(39)22(15-17-3-5-18(6-4-17)26(27,28)29)34-24(38)21(32)16-23(37)35-36(13-11-30)14-12-31;;;;/h3-10,21-22H,2,11-16,30-32H2,1H3,(H,33,39)(H,34,38)(H,35,37);4*1H/p-3/t21-,22-;;;;/m0..../s1. The highest BCUT2D eigenvalue weighted by molar-refractivity contribution is 5.98. The molecule has 44 heavy (non-hydrogen) atoms. The summed E-state index contributed by atoms with van der Waals surface area (Å²) in [5.41, 5.74) is 19.6. The number of hydrogen-bond donors (Lipinski definition) is 7. The van der Waals surface area contributed by atoms with Crippen LogP contribution in [0.2, 0.25) is 0 Å². The molecule has 0 aliphatic rings. The van der Waals surface area contributed by atoms with E-state index in [0.29, 0.717) is 54.8 Å². The third-order valence-corrected chi connectivity index (χ3v) is 5.74. The van der Waals surface area contributed by atoms with Crippen LogP contribution in [0.25, 0.3) is 0 Å². The molecule has 2 atom stereocenters. The van der Waals surface area contributed by atoms with Crippen molar-refractivity contribution in [3.63, 3.8) is 0 Å². The molecule has 0 unspecified atom stereocenters. The van der Waals surface area contributed by atoms with E-state index in [4.69, 9.17) is 21.9 Å². The molecule has 0 saturated heterocycles. The third-order valence-electron chi connectivity index (χ3n) is 5.74. The minimum Gasteiger partial charge on any atom is -1.00 e. The first kappa shape index (κ1) is 45.9. The predicted octanol–water partition coefficient (Wildman–Crippen LogP) is -12.7. The van der Waals surface area contributed by atoms with Gasteiger partial charge in [0, 0.05) is 25.2 Å². The number of nitrogens with two attached hydrogens (primary N) is 3. The van der Waals surface area contributed by atoms with E-state index < -0.39 is 41.5 Å². The van der Waals surface area contributed by atoms with E-state index in [0.717, 1.165) is 12.1 Å². The maximum Gasteiger partial charge on any atom is 0.416 e. The van der Waals surface area contributed by atoms with E-state index in [9.17, 15) is 27.6 Å². The first-order valence-electron chi connectivity index (χ1n) is 12.8. The molecular formula is C26H37Cl4F3N7O4-3. The van der Waals surface area contributed by atoms with Gasteiger partial charge in [0.25, 0.3) is 5.91 Å². The molecule has 0 saturated carbocycles. The second-order valence-corrected chi connectivity index (χ2v) is 8.95. The second-order valence-electron chi connectivity index (χ2n) is 8.95. The van der Waals surface area contributed by atoms with E-state index in [-0.39, 0.29) is 62.5 Å². The SMILES string of the molecule is CCOc1ccc(NC(=O)[C@H](Cc2ccc(C(F)(F)F)cc2)NC(=O)[C@@H](N)CC(=O)N[NH+](CCN)CCN)cc1.[Cl-].[Cl-].[Cl-].[Cl-]. The van der Waals surface area contributed by atoms with Crippen molar-refractivity contribution in [2.24, 2.45) is 17.2 Å². The Morgan fingerprint density at radius 1 is 0.886 bits per heavy atom. The lowest BCUT2D eigenvalue weighted by atomic mass is 10.0. The number of amides is 3. The van der Waals surface area contributed by atoms with Gasteiger partial charge in [-0.25, -0.2) is 10.4 Å². The fourth-order valence-electron chi connectivity index (χ4n) is 3.72. The molecule has 0 aromatic heterocycles. The van der Waals surface area contributed by atoms with Gasteiger partial charge in [0.05, 0.1) is 24.6 Å². The molecular weight excluding hydrogens is 673 g/mol. The van der Waals surface area contributed by atoms with Gasteiger partial charge in [-0.15, -0.1) is 0 Å². The average Bonchev–Trinajstić information content (AvgIpc) is 2.89. The average molecular weight is 710 g/mol. The second kappa shape index (κ2) is 22.9. The maximum absolute atomic E-state index is 13.1. The van der Waals surface area contributed by atoms with Crippen LogP contribution in [0.15, 0.2) is 48.5 Å². The van der Waals surface area contributed by atoms with E-state index in [2.05, 4.69) is 16.1 Å². The molecule has 3 amide bonds. The van der Waals surface area contributed by atoms with Crippen LogP contribution in [-0.4, -0.2) is 62.6 Å². The molecule has 252 valence electrons. The molecule has 0 fully saturated rings. The molecule has 2 aromatic carbocycles. The molecule has 0 spiro atoms. The van der Waals surface area contributed by atoms with E-state index in [1.54, 1.807) is 24.3 Å². The molecule has 10 N–H and O–H groups in total. The lowest BCUT2D eigenvalue weighted by Crippen LogP contribution is -3.20. The van der Waals surface area contributed by atoms with Crippen molar-refractivity contribution in [3.05, 3.63) is 59.7 Å². The monoisotopic (exact) mass is 708 g/mol. The summed E-state index contributed by atoms with van der Waals surface area (Å²) in [5, 5.41) is 5.81. The molecule has 0 bridgehead atoms. The van der Waals surface area contributed by atoms with Gasteiger partial charge in [-0.3, -0.25) is 14.4 Å². The zero-order valence-corrected chi connectivity index (χ0v) is 26.8. The van der Waals surface area contributed by atoms with Crippen LogP contribution in [-0.2, 0) is 27.0 Å².